The van der Waals surface area contributed by atoms with Crippen molar-refractivity contribution in [1.29, 1.82) is 0 Å². The summed E-state index contributed by atoms with van der Waals surface area (Å²) in [6.07, 6.45) is 2.54. The number of sulfonamides is 1. The zero-order valence-corrected chi connectivity index (χ0v) is 18.8. The van der Waals surface area contributed by atoms with Gasteiger partial charge < -0.3 is 0 Å². The Bertz CT molecular complexity index is 844. The van der Waals surface area contributed by atoms with Crippen molar-refractivity contribution >= 4 is 66.4 Å². The summed E-state index contributed by atoms with van der Waals surface area (Å²) in [6.45, 7) is 1.87. The molecule has 0 unspecified atom stereocenters. The van der Waals surface area contributed by atoms with Gasteiger partial charge in [0, 0.05) is 21.4 Å². The SMILES string of the molecule is C[C@H](CCCCBr)N(c1cc(Cl)ccc1Cl)S(=O)(=O)c1ccc(Cl)cc1. The molecule has 0 saturated carbocycles. The summed E-state index contributed by atoms with van der Waals surface area (Å²) in [7, 11) is -3.83. The van der Waals surface area contributed by atoms with Crippen molar-refractivity contribution in [2.24, 2.45) is 0 Å². The number of hydrogen-bond acceptors (Lipinski definition) is 2. The van der Waals surface area contributed by atoms with E-state index in [4.69, 9.17) is 34.8 Å². The predicted octanol–water partition coefficient (Wildman–Crippen LogP) is 6.80. The van der Waals surface area contributed by atoms with Crippen LogP contribution in [0.5, 0.6) is 0 Å². The summed E-state index contributed by atoms with van der Waals surface area (Å²) in [5, 5.41) is 2.11. The highest BCUT2D eigenvalue weighted by molar-refractivity contribution is 9.09. The number of alkyl halides is 1. The summed E-state index contributed by atoms with van der Waals surface area (Å²) in [5.41, 5.74) is 0.375. The Morgan fingerprint density at radius 2 is 1.62 bits per heavy atom. The second-order valence-corrected chi connectivity index (χ2v) is 9.77. The molecule has 1 atom stereocenters. The molecule has 8 heteroatoms. The van der Waals surface area contributed by atoms with Crippen LogP contribution in [0.4, 0.5) is 5.69 Å². The van der Waals surface area contributed by atoms with Gasteiger partial charge in [-0.25, -0.2) is 8.42 Å². The van der Waals surface area contributed by atoms with E-state index in [9.17, 15) is 8.42 Å². The second-order valence-electron chi connectivity index (χ2n) is 5.88. The van der Waals surface area contributed by atoms with Gasteiger partial charge in [0.25, 0.3) is 10.0 Å². The van der Waals surface area contributed by atoms with Crippen LogP contribution in [0.3, 0.4) is 0 Å². The Hall–Kier alpha value is -0.460. The van der Waals surface area contributed by atoms with Crippen LogP contribution >= 0.6 is 50.7 Å². The molecule has 2 rings (SSSR count). The van der Waals surface area contributed by atoms with E-state index in [2.05, 4.69) is 15.9 Å². The predicted molar refractivity (Wildman–Crippen MR) is 115 cm³/mol. The third kappa shape index (κ3) is 5.29. The van der Waals surface area contributed by atoms with E-state index in [0.717, 1.165) is 18.2 Å². The van der Waals surface area contributed by atoms with Gasteiger partial charge in [-0.05, 0) is 62.2 Å². The Labute approximate surface area is 178 Å². The van der Waals surface area contributed by atoms with Gasteiger partial charge in [-0.15, -0.1) is 0 Å². The maximum absolute atomic E-state index is 13.4. The largest absolute Gasteiger partial charge is 0.264 e. The lowest BCUT2D eigenvalue weighted by molar-refractivity contribution is 0.563. The molecule has 26 heavy (non-hydrogen) atoms. The quantitative estimate of drug-likeness (QED) is 0.296. The zero-order valence-electron chi connectivity index (χ0n) is 14.1. The van der Waals surface area contributed by atoms with Gasteiger partial charge in [-0.1, -0.05) is 57.2 Å². The van der Waals surface area contributed by atoms with E-state index in [0.29, 0.717) is 27.2 Å². The van der Waals surface area contributed by atoms with Crippen LogP contribution in [0, 0.1) is 0 Å². The highest BCUT2D eigenvalue weighted by Gasteiger charge is 2.31. The van der Waals surface area contributed by atoms with Gasteiger partial charge in [-0.2, -0.15) is 0 Å². The third-order valence-corrected chi connectivity index (χ3v) is 7.23. The molecule has 0 radical (unpaired) electrons. The van der Waals surface area contributed by atoms with E-state index >= 15 is 0 Å². The number of rotatable bonds is 8. The van der Waals surface area contributed by atoms with Gasteiger partial charge in [0.1, 0.15) is 0 Å². The van der Waals surface area contributed by atoms with Crippen molar-refractivity contribution in [3.05, 3.63) is 57.5 Å². The van der Waals surface area contributed by atoms with Crippen molar-refractivity contribution in [1.82, 2.24) is 0 Å². The van der Waals surface area contributed by atoms with E-state index in [1.54, 1.807) is 30.3 Å². The Kier molecular flexibility index (Phi) is 8.10. The molecular weight excluding hydrogens is 481 g/mol. The molecule has 2 aromatic carbocycles. The molecule has 0 saturated heterocycles. The van der Waals surface area contributed by atoms with E-state index in [-0.39, 0.29) is 10.9 Å². The van der Waals surface area contributed by atoms with Crippen LogP contribution in [-0.4, -0.2) is 19.8 Å². The first-order chi connectivity index (χ1) is 12.3. The summed E-state index contributed by atoms with van der Waals surface area (Å²) >= 11 is 21.7. The lowest BCUT2D eigenvalue weighted by Crippen LogP contribution is -2.39. The monoisotopic (exact) mass is 497 g/mol. The standard InChI is InChI=1S/C18H19BrCl3NO2S/c1-13(4-2-3-11-19)23(18-12-15(21)7-10-17(18)22)26(24,25)16-8-5-14(20)6-9-16/h5-10,12-13H,2-4,11H2,1H3/t13-/m1/s1. The summed E-state index contributed by atoms with van der Waals surface area (Å²) in [5.74, 6) is 0. The van der Waals surface area contributed by atoms with Crippen LogP contribution in [0.15, 0.2) is 47.4 Å². The molecule has 0 N–H and O–H groups in total. The molecule has 3 nitrogen and oxygen atoms in total. The van der Waals surface area contributed by atoms with E-state index in [1.165, 1.54) is 16.4 Å². The molecule has 0 aliphatic carbocycles. The normalized spacial score (nSPS) is 12.8. The number of hydrogen-bond donors (Lipinski definition) is 0. The van der Waals surface area contributed by atoms with Crippen LogP contribution in [0.1, 0.15) is 26.2 Å². The molecule has 0 spiro atoms. The van der Waals surface area contributed by atoms with E-state index in [1.807, 2.05) is 6.92 Å². The molecule has 0 aromatic heterocycles. The Morgan fingerprint density at radius 3 is 2.23 bits per heavy atom. The molecule has 0 aliphatic heterocycles. The topological polar surface area (TPSA) is 37.4 Å². The Morgan fingerprint density at radius 1 is 1.00 bits per heavy atom. The first kappa shape index (κ1) is 21.8. The first-order valence-electron chi connectivity index (χ1n) is 8.08. The van der Waals surface area contributed by atoms with Gasteiger partial charge in [-0.3, -0.25) is 4.31 Å². The molecule has 0 amide bonds. The number of unbranched alkanes of at least 4 members (excludes halogenated alkanes) is 1. The average molecular weight is 500 g/mol. The lowest BCUT2D eigenvalue weighted by Gasteiger charge is -2.31. The second kappa shape index (κ2) is 9.65. The van der Waals surface area contributed by atoms with Crippen molar-refractivity contribution in [3.63, 3.8) is 0 Å². The minimum atomic E-state index is -3.83. The highest BCUT2D eigenvalue weighted by atomic mass is 79.9. The molecule has 0 bridgehead atoms. The maximum Gasteiger partial charge on any atom is 0.264 e. The van der Waals surface area contributed by atoms with Crippen molar-refractivity contribution in [2.45, 2.75) is 37.1 Å². The fraction of sp³-hybridized carbons (Fsp3) is 0.333. The van der Waals surface area contributed by atoms with Crippen molar-refractivity contribution in [3.8, 4) is 0 Å². The molecule has 142 valence electrons. The maximum atomic E-state index is 13.4. The fourth-order valence-electron chi connectivity index (χ4n) is 2.63. The van der Waals surface area contributed by atoms with Crippen LogP contribution in [-0.2, 0) is 10.0 Å². The van der Waals surface area contributed by atoms with Gasteiger partial charge >= 0.3 is 0 Å². The van der Waals surface area contributed by atoms with Gasteiger partial charge in [0.15, 0.2) is 0 Å². The number of anilines is 1. The minimum Gasteiger partial charge on any atom is -0.262 e. The molecule has 0 aliphatic rings. The molecule has 0 heterocycles. The lowest BCUT2D eigenvalue weighted by atomic mass is 10.1. The fourth-order valence-corrected chi connectivity index (χ4v) is 5.27. The van der Waals surface area contributed by atoms with Gasteiger partial charge in [0.05, 0.1) is 15.6 Å². The zero-order chi connectivity index (χ0) is 19.3. The Balaban J connectivity index is 2.52. The van der Waals surface area contributed by atoms with Crippen LogP contribution in [0.25, 0.3) is 0 Å². The smallest absolute Gasteiger partial charge is 0.262 e. The van der Waals surface area contributed by atoms with Gasteiger partial charge in [0.2, 0.25) is 0 Å². The summed E-state index contributed by atoms with van der Waals surface area (Å²) in [4.78, 5) is 0.158. The molecular formula is C18H19BrCl3NO2S. The number of halogens is 4. The summed E-state index contributed by atoms with van der Waals surface area (Å²) < 4.78 is 28.1. The van der Waals surface area contributed by atoms with Crippen molar-refractivity contribution < 1.29 is 8.42 Å². The first-order valence-corrected chi connectivity index (χ1v) is 11.8. The van der Waals surface area contributed by atoms with Crippen molar-refractivity contribution in [2.75, 3.05) is 9.64 Å². The number of benzene rings is 2. The van der Waals surface area contributed by atoms with Crippen LogP contribution in [0.2, 0.25) is 15.1 Å². The molecule has 0 fully saturated rings. The number of nitrogens with zero attached hydrogens (tertiary/aromatic N) is 1. The minimum absolute atomic E-state index is 0.158. The van der Waals surface area contributed by atoms with Crippen LogP contribution < -0.4 is 4.31 Å². The molecule has 2 aromatic rings. The highest BCUT2D eigenvalue weighted by Crippen LogP contribution is 2.35. The third-order valence-electron chi connectivity index (χ3n) is 3.92. The average Bonchev–Trinajstić information content (AvgIpc) is 2.58. The summed E-state index contributed by atoms with van der Waals surface area (Å²) in [6, 6.07) is 10.6. The van der Waals surface area contributed by atoms with E-state index < -0.39 is 10.0 Å².